The quantitative estimate of drug-likeness (QED) is 0.468. The summed E-state index contributed by atoms with van der Waals surface area (Å²) in [7, 11) is 0. The third-order valence-electron chi connectivity index (χ3n) is 4.93. The summed E-state index contributed by atoms with van der Waals surface area (Å²) in [6.07, 6.45) is 1.42. The van der Waals surface area contributed by atoms with Gasteiger partial charge in [-0.25, -0.2) is 4.98 Å². The number of primary amides is 2. The third-order valence-corrected chi connectivity index (χ3v) is 4.93. The van der Waals surface area contributed by atoms with Crippen LogP contribution >= 0.6 is 0 Å². The molecule has 2 heterocycles. The number of nitrogens with one attached hydrogen (secondary N) is 2. The fourth-order valence-corrected chi connectivity index (χ4v) is 3.23. The third kappa shape index (κ3) is 5.81. The van der Waals surface area contributed by atoms with E-state index in [1.165, 1.54) is 6.20 Å². The Morgan fingerprint density at radius 2 is 1.74 bits per heavy atom. The van der Waals surface area contributed by atoms with Crippen molar-refractivity contribution in [1.29, 1.82) is 0 Å². The van der Waals surface area contributed by atoms with Gasteiger partial charge in [-0.05, 0) is 24.3 Å². The van der Waals surface area contributed by atoms with Gasteiger partial charge in [-0.2, -0.15) is 4.98 Å². The molecule has 0 aliphatic carbocycles. The predicted octanol–water partition coefficient (Wildman–Crippen LogP) is 0.275. The summed E-state index contributed by atoms with van der Waals surface area (Å²) in [5.74, 6) is -0.545. The zero-order chi connectivity index (χ0) is 22.4. The van der Waals surface area contributed by atoms with Crippen molar-refractivity contribution in [2.45, 2.75) is 13.3 Å². The van der Waals surface area contributed by atoms with Crippen molar-refractivity contribution in [1.82, 2.24) is 14.9 Å². The highest BCUT2D eigenvalue weighted by atomic mass is 16.2. The van der Waals surface area contributed by atoms with Crippen molar-refractivity contribution in [3.05, 3.63) is 36.0 Å². The molecule has 3 rings (SSSR count). The van der Waals surface area contributed by atoms with Crippen LogP contribution in [-0.2, 0) is 9.59 Å². The Hall–Kier alpha value is -3.89. The lowest BCUT2D eigenvalue weighted by Crippen LogP contribution is -2.48. The summed E-state index contributed by atoms with van der Waals surface area (Å²) in [5, 5.41) is 5.97. The molecule has 1 saturated heterocycles. The zero-order valence-electron chi connectivity index (χ0n) is 17.3. The van der Waals surface area contributed by atoms with Gasteiger partial charge in [0, 0.05) is 63.6 Å². The summed E-state index contributed by atoms with van der Waals surface area (Å²) < 4.78 is 0. The minimum atomic E-state index is -0.678. The molecule has 0 spiro atoms. The van der Waals surface area contributed by atoms with E-state index in [2.05, 4.69) is 25.5 Å². The number of hydrogen-bond acceptors (Lipinski definition) is 8. The molecule has 11 nitrogen and oxygen atoms in total. The molecule has 1 fully saturated rings. The molecule has 1 aromatic carbocycles. The van der Waals surface area contributed by atoms with Crippen LogP contribution < -0.4 is 27.0 Å². The monoisotopic (exact) mass is 426 g/mol. The van der Waals surface area contributed by atoms with E-state index >= 15 is 0 Å². The van der Waals surface area contributed by atoms with Crippen molar-refractivity contribution >= 4 is 40.9 Å². The molecule has 3 amide bonds. The Bertz CT molecular complexity index is 955. The minimum absolute atomic E-state index is 0.0904. The highest BCUT2D eigenvalue weighted by Crippen LogP contribution is 2.22. The Kier molecular flexibility index (Phi) is 6.85. The van der Waals surface area contributed by atoms with E-state index in [9.17, 15) is 14.4 Å². The largest absolute Gasteiger partial charge is 0.370 e. The van der Waals surface area contributed by atoms with Crippen molar-refractivity contribution in [2.75, 3.05) is 48.3 Å². The van der Waals surface area contributed by atoms with Crippen LogP contribution in [0.3, 0.4) is 0 Å². The summed E-state index contributed by atoms with van der Waals surface area (Å²) in [4.78, 5) is 46.5. The maximum absolute atomic E-state index is 11.6. The molecule has 0 saturated carbocycles. The molecule has 11 heteroatoms. The smallest absolute Gasteiger partial charge is 0.254 e. The maximum Gasteiger partial charge on any atom is 0.254 e. The number of amides is 3. The lowest BCUT2D eigenvalue weighted by atomic mass is 10.2. The van der Waals surface area contributed by atoms with Gasteiger partial charge in [-0.15, -0.1) is 0 Å². The average molecular weight is 426 g/mol. The van der Waals surface area contributed by atoms with Crippen LogP contribution in [0.4, 0.5) is 23.1 Å². The summed E-state index contributed by atoms with van der Waals surface area (Å²) >= 11 is 0. The van der Waals surface area contributed by atoms with Gasteiger partial charge >= 0.3 is 0 Å². The number of benzene rings is 1. The number of hydrogen-bond donors (Lipinski definition) is 4. The Morgan fingerprint density at radius 1 is 1.06 bits per heavy atom. The number of anilines is 4. The van der Waals surface area contributed by atoms with Crippen LogP contribution in [0.15, 0.2) is 30.5 Å². The molecule has 1 aliphatic heterocycles. The number of carbonyl (C=O) groups excluding carboxylic acids is 3. The Labute approximate surface area is 179 Å². The predicted molar refractivity (Wildman–Crippen MR) is 117 cm³/mol. The molecule has 31 heavy (non-hydrogen) atoms. The first-order chi connectivity index (χ1) is 14.8. The van der Waals surface area contributed by atoms with Crippen LogP contribution in [0.2, 0.25) is 0 Å². The van der Waals surface area contributed by atoms with E-state index in [0.29, 0.717) is 13.1 Å². The standard InChI is InChI=1S/C20H26N8O3/c1-13(29)27-8-10-28(11-9-27)15-4-2-14(3-5-15)25-20-24-12-16(18(22)31)19(26-20)23-7-6-17(21)30/h2-5,12H,6-11H2,1H3,(H2,21,30)(H2,22,31)(H2,23,24,25,26). The summed E-state index contributed by atoms with van der Waals surface area (Å²) in [6.45, 7) is 4.79. The Morgan fingerprint density at radius 3 is 2.32 bits per heavy atom. The van der Waals surface area contributed by atoms with Crippen LogP contribution in [0, 0.1) is 0 Å². The van der Waals surface area contributed by atoms with E-state index in [0.717, 1.165) is 24.5 Å². The van der Waals surface area contributed by atoms with Gasteiger partial charge in [0.1, 0.15) is 5.82 Å². The highest BCUT2D eigenvalue weighted by molar-refractivity contribution is 5.97. The van der Waals surface area contributed by atoms with Crippen molar-refractivity contribution in [2.24, 2.45) is 11.5 Å². The highest BCUT2D eigenvalue weighted by Gasteiger charge is 2.18. The van der Waals surface area contributed by atoms with Crippen LogP contribution in [0.25, 0.3) is 0 Å². The maximum atomic E-state index is 11.6. The van der Waals surface area contributed by atoms with Gasteiger partial charge in [0.15, 0.2) is 0 Å². The minimum Gasteiger partial charge on any atom is -0.370 e. The van der Waals surface area contributed by atoms with E-state index in [1.807, 2.05) is 29.2 Å². The normalized spacial score (nSPS) is 13.6. The molecular weight excluding hydrogens is 400 g/mol. The fraction of sp³-hybridized carbons (Fsp3) is 0.350. The molecule has 0 radical (unpaired) electrons. The zero-order valence-corrected chi connectivity index (χ0v) is 17.3. The first-order valence-electron chi connectivity index (χ1n) is 9.90. The number of rotatable bonds is 8. The molecule has 0 atom stereocenters. The van der Waals surface area contributed by atoms with Crippen LogP contribution in [0.5, 0.6) is 0 Å². The number of carbonyl (C=O) groups is 3. The molecule has 0 unspecified atom stereocenters. The van der Waals surface area contributed by atoms with Gasteiger partial charge in [0.05, 0.1) is 5.56 Å². The van der Waals surface area contributed by atoms with Gasteiger partial charge < -0.3 is 31.9 Å². The number of nitrogens with zero attached hydrogens (tertiary/aromatic N) is 4. The second-order valence-electron chi connectivity index (χ2n) is 7.13. The first-order valence-corrected chi connectivity index (χ1v) is 9.90. The SMILES string of the molecule is CC(=O)N1CCN(c2ccc(Nc3ncc(C(N)=O)c(NCCC(N)=O)n3)cc2)CC1. The molecule has 0 bridgehead atoms. The van der Waals surface area contributed by atoms with Crippen molar-refractivity contribution in [3.8, 4) is 0 Å². The first kappa shape index (κ1) is 21.8. The fourth-order valence-electron chi connectivity index (χ4n) is 3.23. The van der Waals surface area contributed by atoms with Crippen LogP contribution in [0.1, 0.15) is 23.7 Å². The Balaban J connectivity index is 1.66. The number of piperazine rings is 1. The summed E-state index contributed by atoms with van der Waals surface area (Å²) in [5.41, 5.74) is 12.4. The second kappa shape index (κ2) is 9.74. The topological polar surface area (TPSA) is 160 Å². The second-order valence-corrected chi connectivity index (χ2v) is 7.13. The number of nitrogens with two attached hydrogens (primary N) is 2. The number of aromatic nitrogens is 2. The molecule has 1 aliphatic rings. The van der Waals surface area contributed by atoms with Crippen molar-refractivity contribution < 1.29 is 14.4 Å². The van der Waals surface area contributed by atoms with E-state index < -0.39 is 11.8 Å². The van der Waals surface area contributed by atoms with Gasteiger partial charge in [0.25, 0.3) is 5.91 Å². The molecule has 1 aromatic heterocycles. The molecule has 6 N–H and O–H groups in total. The van der Waals surface area contributed by atoms with Crippen LogP contribution in [-0.4, -0.2) is 65.3 Å². The van der Waals surface area contributed by atoms with E-state index in [-0.39, 0.29) is 36.2 Å². The molecule has 164 valence electrons. The average Bonchev–Trinajstić information content (AvgIpc) is 2.74. The molecular formula is C20H26N8O3. The van der Waals surface area contributed by atoms with Gasteiger partial charge in [0.2, 0.25) is 17.8 Å². The lowest BCUT2D eigenvalue weighted by Gasteiger charge is -2.35. The van der Waals surface area contributed by atoms with Gasteiger partial charge in [-0.3, -0.25) is 14.4 Å². The van der Waals surface area contributed by atoms with Gasteiger partial charge in [-0.1, -0.05) is 0 Å². The van der Waals surface area contributed by atoms with E-state index in [4.69, 9.17) is 11.5 Å². The van der Waals surface area contributed by atoms with Crippen molar-refractivity contribution in [3.63, 3.8) is 0 Å². The summed E-state index contributed by atoms with van der Waals surface area (Å²) in [6, 6.07) is 7.77. The van der Waals surface area contributed by atoms with E-state index in [1.54, 1.807) is 6.92 Å². The molecule has 2 aromatic rings. The lowest BCUT2D eigenvalue weighted by molar-refractivity contribution is -0.129.